The molecule has 0 aromatic heterocycles. The van der Waals surface area contributed by atoms with Crippen molar-refractivity contribution in [2.75, 3.05) is 19.7 Å². The number of carboxylic acid groups (broad SMARTS) is 2. The standard InChI is InChI=1S/C18H28N4O8/c19-10(9-23)16(27)22-8-2-4-13(22)17(28)21-7-1-3-12(21)15(26)20-11(18(29)30)5-6-14(24)25/h10-13,23H,1-9,19H2,(H,20,26)(H,24,25)(H,29,30). The number of carbonyl (C=O) groups excluding carboxylic acids is 3. The lowest BCUT2D eigenvalue weighted by Crippen LogP contribution is -2.56. The monoisotopic (exact) mass is 428 g/mol. The molecule has 0 saturated carbocycles. The number of amides is 3. The highest BCUT2D eigenvalue weighted by Gasteiger charge is 2.43. The highest BCUT2D eigenvalue weighted by Crippen LogP contribution is 2.25. The van der Waals surface area contributed by atoms with Crippen molar-refractivity contribution in [3.63, 3.8) is 0 Å². The fourth-order valence-corrected chi connectivity index (χ4v) is 3.87. The van der Waals surface area contributed by atoms with Crippen LogP contribution in [0.2, 0.25) is 0 Å². The van der Waals surface area contributed by atoms with Crippen LogP contribution in [0.15, 0.2) is 0 Å². The van der Waals surface area contributed by atoms with Gasteiger partial charge in [0.25, 0.3) is 0 Å². The van der Waals surface area contributed by atoms with E-state index < -0.39 is 66.9 Å². The van der Waals surface area contributed by atoms with Gasteiger partial charge in [0.05, 0.1) is 6.61 Å². The summed E-state index contributed by atoms with van der Waals surface area (Å²) in [6, 6.07) is -4.18. The van der Waals surface area contributed by atoms with Crippen molar-refractivity contribution in [3.8, 4) is 0 Å². The van der Waals surface area contributed by atoms with Crippen LogP contribution in [0.5, 0.6) is 0 Å². The molecule has 2 rings (SSSR count). The molecule has 168 valence electrons. The number of nitrogens with one attached hydrogen (secondary N) is 1. The molecule has 0 spiro atoms. The molecule has 0 aromatic carbocycles. The summed E-state index contributed by atoms with van der Waals surface area (Å²) in [4.78, 5) is 62.8. The first-order chi connectivity index (χ1) is 14.2. The largest absolute Gasteiger partial charge is 0.481 e. The van der Waals surface area contributed by atoms with Gasteiger partial charge in [-0.05, 0) is 32.1 Å². The summed E-state index contributed by atoms with van der Waals surface area (Å²) in [6.07, 6.45) is 1.16. The van der Waals surface area contributed by atoms with Crippen LogP contribution < -0.4 is 11.1 Å². The number of likely N-dealkylation sites (tertiary alicyclic amines) is 2. The van der Waals surface area contributed by atoms with Gasteiger partial charge >= 0.3 is 11.9 Å². The highest BCUT2D eigenvalue weighted by atomic mass is 16.4. The second-order valence-electron chi connectivity index (χ2n) is 7.50. The molecule has 4 unspecified atom stereocenters. The molecule has 2 saturated heterocycles. The molecule has 0 radical (unpaired) electrons. The minimum atomic E-state index is -1.38. The third-order valence-corrected chi connectivity index (χ3v) is 5.43. The predicted octanol–water partition coefficient (Wildman–Crippen LogP) is -2.28. The van der Waals surface area contributed by atoms with Gasteiger partial charge in [-0.2, -0.15) is 0 Å². The maximum absolute atomic E-state index is 13.1. The zero-order chi connectivity index (χ0) is 22.4. The number of nitrogens with two attached hydrogens (primary N) is 1. The lowest BCUT2D eigenvalue weighted by Gasteiger charge is -2.32. The minimum absolute atomic E-state index is 0.277. The number of rotatable bonds is 9. The molecule has 0 aliphatic carbocycles. The first kappa shape index (κ1) is 23.5. The van der Waals surface area contributed by atoms with Crippen molar-refractivity contribution in [2.24, 2.45) is 5.73 Å². The number of aliphatic carboxylic acids is 2. The molecular formula is C18H28N4O8. The molecule has 2 aliphatic heterocycles. The molecule has 12 heteroatoms. The van der Waals surface area contributed by atoms with Crippen LogP contribution in [-0.4, -0.2) is 98.6 Å². The Morgan fingerprint density at radius 3 is 2.17 bits per heavy atom. The van der Waals surface area contributed by atoms with Crippen molar-refractivity contribution in [1.29, 1.82) is 0 Å². The Labute approximate surface area is 173 Å². The van der Waals surface area contributed by atoms with Gasteiger partial charge in [0.1, 0.15) is 24.2 Å². The van der Waals surface area contributed by atoms with Crippen LogP contribution in [0.4, 0.5) is 0 Å². The molecule has 0 bridgehead atoms. The van der Waals surface area contributed by atoms with E-state index in [4.69, 9.17) is 15.9 Å². The summed E-state index contributed by atoms with van der Waals surface area (Å²) in [7, 11) is 0. The predicted molar refractivity (Wildman–Crippen MR) is 101 cm³/mol. The minimum Gasteiger partial charge on any atom is -0.481 e. The van der Waals surface area contributed by atoms with Gasteiger partial charge in [0.2, 0.25) is 17.7 Å². The van der Waals surface area contributed by atoms with Crippen molar-refractivity contribution >= 4 is 29.7 Å². The van der Waals surface area contributed by atoms with Gasteiger partial charge in [0.15, 0.2) is 0 Å². The Kier molecular flexibility index (Phi) is 8.12. The molecule has 2 fully saturated rings. The molecule has 6 N–H and O–H groups in total. The van der Waals surface area contributed by atoms with Crippen LogP contribution in [0.3, 0.4) is 0 Å². The van der Waals surface area contributed by atoms with Crippen molar-refractivity contribution in [1.82, 2.24) is 15.1 Å². The Bertz CT molecular complexity index is 700. The van der Waals surface area contributed by atoms with Crippen LogP contribution >= 0.6 is 0 Å². The maximum Gasteiger partial charge on any atom is 0.326 e. The number of nitrogens with zero attached hydrogens (tertiary/aromatic N) is 2. The van der Waals surface area contributed by atoms with Gasteiger partial charge < -0.3 is 36.2 Å². The smallest absolute Gasteiger partial charge is 0.326 e. The topological polar surface area (TPSA) is 191 Å². The van der Waals surface area contributed by atoms with E-state index in [-0.39, 0.29) is 13.0 Å². The Balaban J connectivity index is 2.07. The van der Waals surface area contributed by atoms with Crippen molar-refractivity contribution < 1.29 is 39.3 Å². The summed E-state index contributed by atoms with van der Waals surface area (Å²) < 4.78 is 0. The Morgan fingerprint density at radius 1 is 1.00 bits per heavy atom. The molecule has 30 heavy (non-hydrogen) atoms. The van der Waals surface area contributed by atoms with Gasteiger partial charge in [-0.3, -0.25) is 19.2 Å². The van der Waals surface area contributed by atoms with Gasteiger partial charge in [0, 0.05) is 19.5 Å². The first-order valence-electron chi connectivity index (χ1n) is 9.89. The zero-order valence-corrected chi connectivity index (χ0v) is 16.5. The maximum atomic E-state index is 13.1. The second kappa shape index (κ2) is 10.3. The molecule has 12 nitrogen and oxygen atoms in total. The summed E-state index contributed by atoms with van der Waals surface area (Å²) in [6.45, 7) is 0.0657. The SMILES string of the molecule is NC(CO)C(=O)N1CCCC1C(=O)N1CCCC1C(=O)NC(CCC(=O)O)C(=O)O. The molecular weight excluding hydrogens is 400 g/mol. The van der Waals surface area contributed by atoms with E-state index in [2.05, 4.69) is 5.32 Å². The fraction of sp³-hybridized carbons (Fsp3) is 0.722. The molecule has 3 amide bonds. The molecule has 4 atom stereocenters. The van der Waals surface area contributed by atoms with E-state index >= 15 is 0 Å². The normalized spacial score (nSPS) is 23.1. The number of aliphatic hydroxyl groups is 1. The Hall–Kier alpha value is -2.73. The third-order valence-electron chi connectivity index (χ3n) is 5.43. The van der Waals surface area contributed by atoms with Crippen molar-refractivity contribution in [2.45, 2.75) is 62.7 Å². The quantitative estimate of drug-likeness (QED) is 0.269. The number of hydrogen-bond donors (Lipinski definition) is 5. The first-order valence-corrected chi connectivity index (χ1v) is 9.89. The van der Waals surface area contributed by atoms with Crippen LogP contribution in [0.1, 0.15) is 38.5 Å². The van der Waals surface area contributed by atoms with E-state index in [9.17, 15) is 29.1 Å². The molecule has 0 aromatic rings. The highest BCUT2D eigenvalue weighted by molar-refractivity contribution is 5.94. The van der Waals surface area contributed by atoms with Crippen LogP contribution in [0, 0.1) is 0 Å². The number of carbonyl (C=O) groups is 5. The van der Waals surface area contributed by atoms with Crippen molar-refractivity contribution in [3.05, 3.63) is 0 Å². The molecule has 2 aliphatic rings. The number of hydrogen-bond acceptors (Lipinski definition) is 7. The average molecular weight is 428 g/mol. The average Bonchev–Trinajstić information content (AvgIpc) is 3.38. The second-order valence-corrected chi connectivity index (χ2v) is 7.50. The van der Waals surface area contributed by atoms with Gasteiger partial charge in [-0.1, -0.05) is 0 Å². The van der Waals surface area contributed by atoms with E-state index in [1.54, 1.807) is 0 Å². The number of aliphatic hydroxyl groups excluding tert-OH is 1. The van der Waals surface area contributed by atoms with E-state index in [0.29, 0.717) is 32.2 Å². The van der Waals surface area contributed by atoms with Crippen LogP contribution in [0.25, 0.3) is 0 Å². The van der Waals surface area contributed by atoms with E-state index in [1.165, 1.54) is 9.80 Å². The third kappa shape index (κ3) is 5.45. The summed E-state index contributed by atoms with van der Waals surface area (Å²) in [5.41, 5.74) is 5.59. The fourth-order valence-electron chi connectivity index (χ4n) is 3.87. The van der Waals surface area contributed by atoms with Gasteiger partial charge in [-0.25, -0.2) is 4.79 Å². The molecule has 2 heterocycles. The lowest BCUT2D eigenvalue weighted by atomic mass is 10.1. The number of carboxylic acids is 2. The summed E-state index contributed by atoms with van der Waals surface area (Å²) >= 11 is 0. The van der Waals surface area contributed by atoms with Gasteiger partial charge in [-0.15, -0.1) is 0 Å². The zero-order valence-electron chi connectivity index (χ0n) is 16.5. The van der Waals surface area contributed by atoms with E-state index in [0.717, 1.165) is 0 Å². The Morgan fingerprint density at radius 2 is 1.60 bits per heavy atom. The van der Waals surface area contributed by atoms with Crippen LogP contribution in [-0.2, 0) is 24.0 Å². The van der Waals surface area contributed by atoms with E-state index in [1.807, 2.05) is 0 Å². The summed E-state index contributed by atoms with van der Waals surface area (Å²) in [5, 5.41) is 29.4. The lowest BCUT2D eigenvalue weighted by molar-refractivity contribution is -0.148. The summed E-state index contributed by atoms with van der Waals surface area (Å²) in [5.74, 6) is -4.15.